The highest BCUT2D eigenvalue weighted by Gasteiger charge is 2.22. The van der Waals surface area contributed by atoms with Crippen molar-refractivity contribution in [2.45, 2.75) is 25.7 Å². The van der Waals surface area contributed by atoms with Crippen molar-refractivity contribution in [3.05, 3.63) is 45.1 Å². The number of rotatable bonds is 2. The van der Waals surface area contributed by atoms with Gasteiger partial charge in [0, 0.05) is 17.5 Å². The number of piperidine rings is 1. The third-order valence-corrected chi connectivity index (χ3v) is 4.18. The van der Waals surface area contributed by atoms with Crippen LogP contribution in [0.2, 0.25) is 5.02 Å². The van der Waals surface area contributed by atoms with E-state index >= 15 is 0 Å². The number of halogens is 1. The van der Waals surface area contributed by atoms with E-state index in [1.165, 1.54) is 0 Å². The summed E-state index contributed by atoms with van der Waals surface area (Å²) in [5, 5.41) is 10.8. The molecular weight excluding hydrogens is 276 g/mol. The molecule has 2 heterocycles. The first-order chi connectivity index (χ1) is 9.66. The molecule has 1 fully saturated rings. The van der Waals surface area contributed by atoms with Crippen molar-refractivity contribution in [3.8, 4) is 5.69 Å². The lowest BCUT2D eigenvalue weighted by molar-refractivity contribution is 0.442. The molecule has 20 heavy (non-hydrogen) atoms. The molecule has 0 amide bonds. The van der Waals surface area contributed by atoms with Crippen LogP contribution in [0.1, 0.15) is 30.1 Å². The zero-order chi connectivity index (χ0) is 14.1. The molecule has 1 atom stereocenters. The predicted octanol–water partition coefficient (Wildman–Crippen LogP) is 1.99. The minimum Gasteiger partial charge on any atom is -0.316 e. The predicted molar refractivity (Wildman–Crippen MR) is 78.8 cm³/mol. The smallest absolute Gasteiger partial charge is 0.316 e. The van der Waals surface area contributed by atoms with Gasteiger partial charge in [0.15, 0.2) is 0 Å². The molecule has 1 aromatic carbocycles. The van der Waals surface area contributed by atoms with E-state index < -0.39 is 0 Å². The third-order valence-electron chi connectivity index (χ3n) is 3.77. The van der Waals surface area contributed by atoms with Crippen molar-refractivity contribution in [1.82, 2.24) is 20.1 Å². The van der Waals surface area contributed by atoms with Crippen LogP contribution < -0.4 is 11.0 Å². The van der Waals surface area contributed by atoms with E-state index in [0.717, 1.165) is 43.0 Å². The van der Waals surface area contributed by atoms with Crippen molar-refractivity contribution in [2.24, 2.45) is 0 Å². The monoisotopic (exact) mass is 292 g/mol. The molecule has 1 aliphatic heterocycles. The molecular formula is C14H17ClN4O. The number of aryl methyl sites for hydroxylation is 1. The lowest BCUT2D eigenvalue weighted by Gasteiger charge is -2.22. The molecule has 2 aromatic rings. The van der Waals surface area contributed by atoms with Crippen molar-refractivity contribution in [1.29, 1.82) is 0 Å². The van der Waals surface area contributed by atoms with Crippen LogP contribution in [0, 0.1) is 6.92 Å². The summed E-state index contributed by atoms with van der Waals surface area (Å²) in [5.41, 5.74) is 1.54. The molecule has 106 valence electrons. The largest absolute Gasteiger partial charge is 0.347 e. The molecule has 3 rings (SSSR count). The van der Waals surface area contributed by atoms with Crippen molar-refractivity contribution in [2.75, 3.05) is 13.1 Å². The Balaban J connectivity index is 2.06. The number of nitrogens with zero attached hydrogens (tertiary/aromatic N) is 2. The van der Waals surface area contributed by atoms with Crippen LogP contribution in [0.4, 0.5) is 0 Å². The van der Waals surface area contributed by atoms with E-state index in [9.17, 15) is 4.79 Å². The Hall–Kier alpha value is -1.59. The molecule has 0 spiro atoms. The second kappa shape index (κ2) is 5.42. The van der Waals surface area contributed by atoms with Gasteiger partial charge in [-0.2, -0.15) is 5.10 Å². The zero-order valence-corrected chi connectivity index (χ0v) is 12.1. The van der Waals surface area contributed by atoms with Crippen LogP contribution in [-0.2, 0) is 0 Å². The first-order valence-electron chi connectivity index (χ1n) is 6.81. The average Bonchev–Trinajstić information content (AvgIpc) is 2.85. The van der Waals surface area contributed by atoms with E-state index in [0.29, 0.717) is 5.02 Å². The molecule has 6 heteroatoms. The fourth-order valence-electron chi connectivity index (χ4n) is 2.63. The lowest BCUT2D eigenvalue weighted by Crippen LogP contribution is -2.31. The van der Waals surface area contributed by atoms with Crippen LogP contribution in [0.15, 0.2) is 23.0 Å². The Kier molecular flexibility index (Phi) is 3.63. The molecule has 1 aromatic heterocycles. The van der Waals surface area contributed by atoms with E-state index in [1.807, 2.05) is 25.1 Å². The summed E-state index contributed by atoms with van der Waals surface area (Å²) in [6.07, 6.45) is 2.14. The van der Waals surface area contributed by atoms with Gasteiger partial charge in [0.25, 0.3) is 0 Å². The Labute approximate surface area is 122 Å². The minimum absolute atomic E-state index is 0.217. The molecule has 2 N–H and O–H groups in total. The molecule has 1 unspecified atom stereocenters. The number of hydrogen-bond donors (Lipinski definition) is 2. The number of aromatic nitrogens is 3. The number of nitrogens with one attached hydrogen (secondary N) is 2. The van der Waals surface area contributed by atoms with Gasteiger partial charge in [-0.15, -0.1) is 0 Å². The number of hydrogen-bond acceptors (Lipinski definition) is 3. The SMILES string of the molecule is Cc1ccc(-n2c(C3CCCNC3)n[nH]c2=O)cc1Cl. The molecule has 0 aliphatic carbocycles. The standard InChI is InChI=1S/C14H17ClN4O/c1-9-4-5-11(7-12(9)15)19-13(17-18-14(19)20)10-3-2-6-16-8-10/h4-5,7,10,16H,2-3,6,8H2,1H3,(H,18,20). The molecule has 0 saturated carbocycles. The van der Waals surface area contributed by atoms with Crippen molar-refractivity contribution < 1.29 is 0 Å². The summed E-state index contributed by atoms with van der Waals surface area (Å²) in [5.74, 6) is 1.03. The van der Waals surface area contributed by atoms with Crippen LogP contribution in [-0.4, -0.2) is 27.9 Å². The van der Waals surface area contributed by atoms with Crippen LogP contribution >= 0.6 is 11.6 Å². The maximum atomic E-state index is 12.1. The summed E-state index contributed by atoms with van der Waals surface area (Å²) >= 11 is 6.16. The topological polar surface area (TPSA) is 62.7 Å². The Morgan fingerprint density at radius 2 is 2.30 bits per heavy atom. The van der Waals surface area contributed by atoms with Crippen LogP contribution in [0.25, 0.3) is 5.69 Å². The molecule has 5 nitrogen and oxygen atoms in total. The summed E-state index contributed by atoms with van der Waals surface area (Å²) in [4.78, 5) is 12.1. The Bertz CT molecular complexity index is 670. The highest BCUT2D eigenvalue weighted by Crippen LogP contribution is 2.24. The van der Waals surface area contributed by atoms with Gasteiger partial charge in [-0.25, -0.2) is 14.5 Å². The number of benzene rings is 1. The van der Waals surface area contributed by atoms with E-state index in [1.54, 1.807) is 4.57 Å². The van der Waals surface area contributed by atoms with Crippen LogP contribution in [0.3, 0.4) is 0 Å². The van der Waals surface area contributed by atoms with Crippen molar-refractivity contribution in [3.63, 3.8) is 0 Å². The Morgan fingerprint density at radius 3 is 3.00 bits per heavy atom. The Morgan fingerprint density at radius 1 is 1.45 bits per heavy atom. The summed E-state index contributed by atoms with van der Waals surface area (Å²) < 4.78 is 1.63. The second-order valence-corrected chi connectivity index (χ2v) is 5.61. The molecule has 0 bridgehead atoms. The maximum absolute atomic E-state index is 12.1. The van der Waals surface area contributed by atoms with Gasteiger partial charge in [-0.1, -0.05) is 17.7 Å². The van der Waals surface area contributed by atoms with E-state index in [4.69, 9.17) is 11.6 Å². The van der Waals surface area contributed by atoms with Crippen LogP contribution in [0.5, 0.6) is 0 Å². The summed E-state index contributed by atoms with van der Waals surface area (Å²) in [7, 11) is 0. The van der Waals surface area contributed by atoms with E-state index in [2.05, 4.69) is 15.5 Å². The van der Waals surface area contributed by atoms with E-state index in [-0.39, 0.29) is 11.6 Å². The minimum atomic E-state index is -0.217. The first-order valence-corrected chi connectivity index (χ1v) is 7.19. The zero-order valence-electron chi connectivity index (χ0n) is 11.3. The highest BCUT2D eigenvalue weighted by molar-refractivity contribution is 6.31. The number of aromatic amines is 1. The third kappa shape index (κ3) is 2.39. The molecule has 1 aliphatic rings. The van der Waals surface area contributed by atoms with Gasteiger partial charge in [-0.3, -0.25) is 0 Å². The highest BCUT2D eigenvalue weighted by atomic mass is 35.5. The van der Waals surface area contributed by atoms with Gasteiger partial charge in [0.05, 0.1) is 5.69 Å². The number of H-pyrrole nitrogens is 1. The maximum Gasteiger partial charge on any atom is 0.347 e. The lowest BCUT2D eigenvalue weighted by atomic mass is 9.99. The van der Waals surface area contributed by atoms with Gasteiger partial charge in [0.1, 0.15) is 5.82 Å². The summed E-state index contributed by atoms with van der Waals surface area (Å²) in [6, 6.07) is 5.63. The van der Waals surface area contributed by atoms with Gasteiger partial charge in [0.2, 0.25) is 0 Å². The normalized spacial score (nSPS) is 19.2. The second-order valence-electron chi connectivity index (χ2n) is 5.20. The fourth-order valence-corrected chi connectivity index (χ4v) is 2.80. The van der Waals surface area contributed by atoms with Gasteiger partial charge in [-0.05, 0) is 44.0 Å². The molecule has 0 radical (unpaired) electrons. The average molecular weight is 293 g/mol. The van der Waals surface area contributed by atoms with Gasteiger partial charge >= 0.3 is 5.69 Å². The van der Waals surface area contributed by atoms with Crippen molar-refractivity contribution >= 4 is 11.6 Å². The fraction of sp³-hybridized carbons (Fsp3) is 0.429. The molecule has 1 saturated heterocycles. The summed E-state index contributed by atoms with van der Waals surface area (Å²) in [6.45, 7) is 3.82. The first kappa shape index (κ1) is 13.4. The quantitative estimate of drug-likeness (QED) is 0.890. The van der Waals surface area contributed by atoms with Gasteiger partial charge < -0.3 is 5.32 Å².